The van der Waals surface area contributed by atoms with E-state index in [9.17, 15) is 4.79 Å². The second-order valence-corrected chi connectivity index (χ2v) is 10.3. The van der Waals surface area contributed by atoms with Crippen molar-refractivity contribution in [2.75, 3.05) is 5.75 Å². The molecule has 0 aliphatic carbocycles. The van der Waals surface area contributed by atoms with Gasteiger partial charge >= 0.3 is 0 Å². The van der Waals surface area contributed by atoms with Gasteiger partial charge < -0.3 is 4.57 Å². The molecule has 3 rings (SSSR count). The largest absolute Gasteiger partial charge is 0.302 e. The SMILES string of the molecule is CCn1c(SCC(=O)N/N=C(\C)c2ccc(Cl)cc2Cl)nnc1-c1ccc(C(C)(C)C)cc1. The number of carbonyl (C=O) groups is 1. The Bertz CT molecular complexity index is 1170. The van der Waals surface area contributed by atoms with Crippen LogP contribution in [0.3, 0.4) is 0 Å². The third-order valence-electron chi connectivity index (χ3n) is 5.04. The van der Waals surface area contributed by atoms with Gasteiger partial charge in [-0.3, -0.25) is 4.79 Å². The minimum absolute atomic E-state index is 0.0884. The normalized spacial score (nSPS) is 12.2. The highest BCUT2D eigenvalue weighted by Gasteiger charge is 2.17. The van der Waals surface area contributed by atoms with Crippen molar-refractivity contribution in [3.63, 3.8) is 0 Å². The number of hydrogen-bond acceptors (Lipinski definition) is 5. The van der Waals surface area contributed by atoms with Gasteiger partial charge in [0.1, 0.15) is 0 Å². The molecular formula is C24H27Cl2N5OS. The zero-order chi connectivity index (χ0) is 24.2. The Morgan fingerprint density at radius 1 is 1.12 bits per heavy atom. The fraction of sp³-hybridized carbons (Fsp3) is 0.333. The Morgan fingerprint density at radius 2 is 1.82 bits per heavy atom. The second kappa shape index (κ2) is 10.7. The van der Waals surface area contributed by atoms with Crippen LogP contribution in [-0.2, 0) is 16.8 Å². The number of nitrogens with zero attached hydrogens (tertiary/aromatic N) is 4. The summed E-state index contributed by atoms with van der Waals surface area (Å²) in [6, 6.07) is 13.5. The lowest BCUT2D eigenvalue weighted by molar-refractivity contribution is -0.118. The molecule has 1 aromatic heterocycles. The first-order valence-corrected chi connectivity index (χ1v) is 12.3. The van der Waals surface area contributed by atoms with Gasteiger partial charge in [0.25, 0.3) is 5.91 Å². The molecule has 0 unspecified atom stereocenters. The van der Waals surface area contributed by atoms with E-state index in [2.05, 4.69) is 65.8 Å². The van der Waals surface area contributed by atoms with Gasteiger partial charge in [-0.2, -0.15) is 5.10 Å². The molecule has 0 aliphatic heterocycles. The molecule has 1 heterocycles. The minimum atomic E-state index is -0.244. The van der Waals surface area contributed by atoms with Crippen LogP contribution < -0.4 is 5.43 Å². The monoisotopic (exact) mass is 503 g/mol. The van der Waals surface area contributed by atoms with E-state index in [1.807, 2.05) is 11.5 Å². The molecule has 174 valence electrons. The molecule has 2 aromatic carbocycles. The summed E-state index contributed by atoms with van der Waals surface area (Å²) in [4.78, 5) is 12.3. The Hall–Kier alpha value is -2.35. The summed E-state index contributed by atoms with van der Waals surface area (Å²) in [7, 11) is 0. The van der Waals surface area contributed by atoms with Crippen molar-refractivity contribution in [2.24, 2.45) is 5.10 Å². The molecule has 33 heavy (non-hydrogen) atoms. The molecule has 0 fully saturated rings. The number of hydrogen-bond donors (Lipinski definition) is 1. The highest BCUT2D eigenvalue weighted by atomic mass is 35.5. The van der Waals surface area contributed by atoms with Gasteiger partial charge in [-0.05, 0) is 37.0 Å². The molecule has 0 saturated carbocycles. The molecule has 0 bridgehead atoms. The number of nitrogens with one attached hydrogen (secondary N) is 1. The Labute approximate surface area is 208 Å². The lowest BCUT2D eigenvalue weighted by Crippen LogP contribution is -2.21. The quantitative estimate of drug-likeness (QED) is 0.236. The standard InChI is InChI=1S/C24H27Cl2N5OS/c1-6-31-22(16-7-9-17(10-8-16)24(3,4)5)29-30-23(31)33-14-21(32)28-27-15(2)19-12-11-18(25)13-20(19)26/h7-13H,6,14H2,1-5H3,(H,28,32)/b27-15+. The number of rotatable bonds is 7. The van der Waals surface area contributed by atoms with Gasteiger partial charge in [-0.25, -0.2) is 5.43 Å². The van der Waals surface area contributed by atoms with Gasteiger partial charge in [-0.1, -0.05) is 86.1 Å². The van der Waals surface area contributed by atoms with Crippen molar-refractivity contribution >= 4 is 46.6 Å². The van der Waals surface area contributed by atoms with Crippen LogP contribution in [0.2, 0.25) is 10.0 Å². The number of carbonyl (C=O) groups excluding carboxylic acids is 1. The van der Waals surface area contributed by atoms with Crippen molar-refractivity contribution < 1.29 is 4.79 Å². The first kappa shape index (κ1) is 25.3. The Kier molecular flexibility index (Phi) is 8.21. The van der Waals surface area contributed by atoms with Gasteiger partial charge in [0.2, 0.25) is 0 Å². The first-order valence-electron chi connectivity index (χ1n) is 10.6. The summed E-state index contributed by atoms with van der Waals surface area (Å²) in [6.45, 7) is 11.1. The summed E-state index contributed by atoms with van der Waals surface area (Å²) in [5.74, 6) is 0.699. The van der Waals surface area contributed by atoms with Crippen LogP contribution in [0.1, 0.15) is 45.7 Å². The van der Waals surface area contributed by atoms with Gasteiger partial charge in [-0.15, -0.1) is 10.2 Å². The lowest BCUT2D eigenvalue weighted by Gasteiger charge is -2.19. The van der Waals surface area contributed by atoms with E-state index in [1.54, 1.807) is 25.1 Å². The number of thioether (sulfide) groups is 1. The Morgan fingerprint density at radius 3 is 2.42 bits per heavy atom. The molecule has 1 N–H and O–H groups in total. The van der Waals surface area contributed by atoms with Crippen molar-refractivity contribution in [3.8, 4) is 11.4 Å². The second-order valence-electron chi connectivity index (χ2n) is 8.52. The van der Waals surface area contributed by atoms with Crippen LogP contribution in [0, 0.1) is 0 Å². The molecule has 1 amide bonds. The zero-order valence-corrected chi connectivity index (χ0v) is 21.6. The summed E-state index contributed by atoms with van der Waals surface area (Å²) >= 11 is 13.4. The minimum Gasteiger partial charge on any atom is -0.302 e. The lowest BCUT2D eigenvalue weighted by atomic mass is 9.87. The Balaban J connectivity index is 1.66. The van der Waals surface area contributed by atoms with Crippen LogP contribution in [0.25, 0.3) is 11.4 Å². The smallest absolute Gasteiger partial charge is 0.250 e. The van der Waals surface area contributed by atoms with Crippen molar-refractivity contribution in [1.82, 2.24) is 20.2 Å². The number of halogens is 2. The maximum Gasteiger partial charge on any atom is 0.250 e. The summed E-state index contributed by atoms with van der Waals surface area (Å²) < 4.78 is 2.01. The number of amides is 1. The fourth-order valence-corrected chi connectivity index (χ4v) is 4.51. The van der Waals surface area contributed by atoms with E-state index < -0.39 is 0 Å². The van der Waals surface area contributed by atoms with E-state index >= 15 is 0 Å². The molecule has 6 nitrogen and oxygen atoms in total. The molecule has 0 spiro atoms. The third kappa shape index (κ3) is 6.37. The fourth-order valence-electron chi connectivity index (χ4n) is 3.17. The number of hydrazone groups is 1. The van der Waals surface area contributed by atoms with Gasteiger partial charge in [0.15, 0.2) is 11.0 Å². The van der Waals surface area contributed by atoms with Crippen molar-refractivity contribution in [3.05, 3.63) is 63.6 Å². The van der Waals surface area contributed by atoms with Crippen LogP contribution in [0.15, 0.2) is 52.7 Å². The maximum atomic E-state index is 12.3. The number of aromatic nitrogens is 3. The van der Waals surface area contributed by atoms with Crippen molar-refractivity contribution in [2.45, 2.75) is 51.7 Å². The molecule has 3 aromatic rings. The van der Waals surface area contributed by atoms with E-state index in [4.69, 9.17) is 23.2 Å². The van der Waals surface area contributed by atoms with E-state index in [0.717, 1.165) is 11.4 Å². The maximum absolute atomic E-state index is 12.3. The zero-order valence-electron chi connectivity index (χ0n) is 19.3. The van der Waals surface area contributed by atoms with Gasteiger partial charge in [0, 0.05) is 22.7 Å². The summed E-state index contributed by atoms with van der Waals surface area (Å²) in [5, 5.41) is 14.5. The molecular weight excluding hydrogens is 477 g/mol. The predicted octanol–water partition coefficient (Wildman–Crippen LogP) is 6.20. The van der Waals surface area contributed by atoms with Gasteiger partial charge in [0.05, 0.1) is 16.5 Å². The molecule has 0 aliphatic rings. The van der Waals surface area contributed by atoms with Crippen molar-refractivity contribution in [1.29, 1.82) is 0 Å². The third-order valence-corrected chi connectivity index (χ3v) is 6.56. The molecule has 0 saturated heterocycles. The van der Waals surface area contributed by atoms with E-state index in [1.165, 1.54) is 17.3 Å². The summed E-state index contributed by atoms with van der Waals surface area (Å²) in [5.41, 5.74) is 6.21. The highest BCUT2D eigenvalue weighted by Crippen LogP contribution is 2.27. The average molecular weight is 504 g/mol. The summed E-state index contributed by atoms with van der Waals surface area (Å²) in [6.07, 6.45) is 0. The van der Waals surface area contributed by atoms with E-state index in [-0.39, 0.29) is 17.1 Å². The van der Waals surface area contributed by atoms with Crippen LogP contribution in [0.4, 0.5) is 0 Å². The van der Waals surface area contributed by atoms with Crippen LogP contribution in [0.5, 0.6) is 0 Å². The molecule has 0 atom stereocenters. The topological polar surface area (TPSA) is 72.2 Å². The molecule has 0 radical (unpaired) electrons. The highest BCUT2D eigenvalue weighted by molar-refractivity contribution is 7.99. The number of benzene rings is 2. The average Bonchev–Trinajstić information content (AvgIpc) is 3.18. The predicted molar refractivity (Wildman–Crippen MR) is 137 cm³/mol. The van der Waals surface area contributed by atoms with Crippen LogP contribution >= 0.6 is 35.0 Å². The van der Waals surface area contributed by atoms with E-state index in [0.29, 0.717) is 33.0 Å². The first-order chi connectivity index (χ1) is 15.6. The van der Waals surface area contributed by atoms with Crippen LogP contribution in [-0.4, -0.2) is 32.1 Å². The molecule has 9 heteroatoms.